The number of nitrogens with two attached hydrogens (primary N) is 3. The van der Waals surface area contributed by atoms with Crippen molar-refractivity contribution in [1.29, 1.82) is 0 Å². The lowest BCUT2D eigenvalue weighted by molar-refractivity contribution is -0.130. The van der Waals surface area contributed by atoms with Gasteiger partial charge in [0.2, 0.25) is 11.8 Å². The van der Waals surface area contributed by atoms with E-state index in [1.807, 2.05) is 35.2 Å². The van der Waals surface area contributed by atoms with Crippen molar-refractivity contribution in [3.05, 3.63) is 69.5 Å². The van der Waals surface area contributed by atoms with Gasteiger partial charge in [-0.2, -0.15) is 0 Å². The molecule has 0 radical (unpaired) electrons. The van der Waals surface area contributed by atoms with Crippen LogP contribution in [0.2, 0.25) is 10.0 Å². The van der Waals surface area contributed by atoms with E-state index in [1.165, 1.54) is 12.1 Å². The maximum Gasteiger partial charge on any atom is 0.242 e. The smallest absolute Gasteiger partial charge is 0.242 e. The minimum absolute atomic E-state index is 0.0251. The van der Waals surface area contributed by atoms with Gasteiger partial charge in [-0.15, -0.1) is 0 Å². The molecule has 198 valence electrons. The molecule has 11 heteroatoms. The third kappa shape index (κ3) is 10.0. The Morgan fingerprint density at radius 3 is 2.25 bits per heavy atom. The first-order chi connectivity index (χ1) is 17.2. The first kappa shape index (κ1) is 30.0. The van der Waals surface area contributed by atoms with Gasteiger partial charge in [0.1, 0.15) is 11.9 Å². The van der Waals surface area contributed by atoms with Crippen LogP contribution in [0.15, 0.2) is 42.5 Å². The number of carbonyl (C=O) groups excluding carboxylic acids is 2. The molecule has 0 saturated carbocycles. The summed E-state index contributed by atoms with van der Waals surface area (Å²) in [4.78, 5) is 27.9. The lowest BCUT2D eigenvalue weighted by Crippen LogP contribution is -2.52. The van der Waals surface area contributed by atoms with E-state index >= 15 is 0 Å². The summed E-state index contributed by atoms with van der Waals surface area (Å²) in [5, 5.41) is 5.63. The highest BCUT2D eigenvalue weighted by molar-refractivity contribution is 6.35. The van der Waals surface area contributed by atoms with Gasteiger partial charge in [0.25, 0.3) is 0 Å². The normalized spacial score (nSPS) is 12.9. The zero-order chi connectivity index (χ0) is 26.5. The van der Waals surface area contributed by atoms with E-state index < -0.39 is 29.7 Å². The molecule has 0 aliphatic heterocycles. The Hall–Kier alpha value is -2.27. The maximum atomic E-state index is 13.8. The molecule has 0 bridgehead atoms. The van der Waals surface area contributed by atoms with Crippen molar-refractivity contribution >= 4 is 35.0 Å². The number of amides is 2. The molecule has 8 nitrogen and oxygen atoms in total. The van der Waals surface area contributed by atoms with Crippen LogP contribution in [-0.4, -0.2) is 61.5 Å². The highest BCUT2D eigenvalue weighted by Gasteiger charge is 2.24. The Balaban J connectivity index is 2.03. The van der Waals surface area contributed by atoms with E-state index in [4.69, 9.17) is 40.4 Å². The van der Waals surface area contributed by atoms with Crippen LogP contribution in [0.3, 0.4) is 0 Å². The van der Waals surface area contributed by atoms with Crippen molar-refractivity contribution in [1.82, 2.24) is 15.5 Å². The van der Waals surface area contributed by atoms with E-state index in [-0.39, 0.29) is 16.6 Å². The molecule has 2 atom stereocenters. The summed E-state index contributed by atoms with van der Waals surface area (Å²) in [5.41, 5.74) is 18.8. The van der Waals surface area contributed by atoms with Gasteiger partial charge in [0, 0.05) is 44.3 Å². The summed E-state index contributed by atoms with van der Waals surface area (Å²) < 4.78 is 13.8. The number of hydrogen-bond donors (Lipinski definition) is 5. The monoisotopic (exact) mass is 540 g/mol. The fourth-order valence-corrected chi connectivity index (χ4v) is 4.11. The predicted octanol–water partition coefficient (Wildman–Crippen LogP) is 1.80. The molecule has 2 unspecified atom stereocenters. The largest absolute Gasteiger partial charge is 0.350 e. The van der Waals surface area contributed by atoms with Crippen LogP contribution in [0.25, 0.3) is 0 Å². The van der Waals surface area contributed by atoms with Crippen molar-refractivity contribution in [3.63, 3.8) is 0 Å². The Morgan fingerprint density at radius 2 is 1.61 bits per heavy atom. The van der Waals surface area contributed by atoms with Crippen LogP contribution in [0, 0.1) is 5.82 Å². The Kier molecular flexibility index (Phi) is 13.1. The van der Waals surface area contributed by atoms with Crippen LogP contribution in [-0.2, 0) is 22.6 Å². The fourth-order valence-electron chi connectivity index (χ4n) is 3.66. The SMILES string of the molecule is NCCN(CCN)CCC(N)C(=O)NC(CCc1ccccc1)C(=O)NCc1cc(F)c(Cl)cc1Cl. The van der Waals surface area contributed by atoms with Crippen molar-refractivity contribution in [3.8, 4) is 0 Å². The van der Waals surface area contributed by atoms with E-state index in [0.29, 0.717) is 57.5 Å². The van der Waals surface area contributed by atoms with Gasteiger partial charge >= 0.3 is 0 Å². The molecule has 0 fully saturated rings. The molecular formula is C25H35Cl2FN6O2. The summed E-state index contributed by atoms with van der Waals surface area (Å²) in [7, 11) is 0. The molecule has 2 aromatic rings. The van der Waals surface area contributed by atoms with Gasteiger partial charge in [-0.3, -0.25) is 9.59 Å². The van der Waals surface area contributed by atoms with Crippen LogP contribution >= 0.6 is 23.2 Å². The second-order valence-corrected chi connectivity index (χ2v) is 9.29. The zero-order valence-electron chi connectivity index (χ0n) is 20.2. The van der Waals surface area contributed by atoms with E-state index in [2.05, 4.69) is 10.6 Å². The molecular weight excluding hydrogens is 506 g/mol. The highest BCUT2D eigenvalue weighted by atomic mass is 35.5. The molecule has 0 aromatic heterocycles. The minimum Gasteiger partial charge on any atom is -0.350 e. The number of nitrogens with one attached hydrogen (secondary N) is 2. The maximum absolute atomic E-state index is 13.8. The van der Waals surface area contributed by atoms with Gasteiger partial charge < -0.3 is 32.7 Å². The molecule has 2 rings (SSSR count). The topological polar surface area (TPSA) is 140 Å². The third-order valence-electron chi connectivity index (χ3n) is 5.72. The van der Waals surface area contributed by atoms with Gasteiger partial charge in [-0.05, 0) is 42.5 Å². The van der Waals surface area contributed by atoms with Gasteiger partial charge in [0.15, 0.2) is 0 Å². The number of carbonyl (C=O) groups is 2. The lowest BCUT2D eigenvalue weighted by Gasteiger charge is -2.24. The predicted molar refractivity (Wildman–Crippen MR) is 142 cm³/mol. The zero-order valence-corrected chi connectivity index (χ0v) is 21.7. The van der Waals surface area contributed by atoms with Gasteiger partial charge in [-0.25, -0.2) is 4.39 Å². The number of rotatable bonds is 15. The first-order valence-corrected chi connectivity index (χ1v) is 12.6. The Bertz CT molecular complexity index is 977. The van der Waals surface area contributed by atoms with Crippen LogP contribution in [0.5, 0.6) is 0 Å². The van der Waals surface area contributed by atoms with Crippen molar-refractivity contribution in [2.45, 2.75) is 37.9 Å². The van der Waals surface area contributed by atoms with Crippen molar-refractivity contribution < 1.29 is 14.0 Å². The second kappa shape index (κ2) is 15.8. The van der Waals surface area contributed by atoms with E-state index in [9.17, 15) is 14.0 Å². The number of benzene rings is 2. The molecule has 0 saturated heterocycles. The average molecular weight is 541 g/mol. The number of nitrogens with zero attached hydrogens (tertiary/aromatic N) is 1. The Labute approximate surface area is 221 Å². The lowest BCUT2D eigenvalue weighted by atomic mass is 10.0. The second-order valence-electron chi connectivity index (χ2n) is 8.48. The number of hydrogen-bond acceptors (Lipinski definition) is 6. The summed E-state index contributed by atoms with van der Waals surface area (Å²) in [5.74, 6) is -1.49. The molecule has 0 aliphatic rings. The van der Waals surface area contributed by atoms with Crippen molar-refractivity contribution in [2.75, 3.05) is 32.7 Å². The fraction of sp³-hybridized carbons (Fsp3) is 0.440. The Morgan fingerprint density at radius 1 is 0.944 bits per heavy atom. The number of halogens is 3. The van der Waals surface area contributed by atoms with Crippen molar-refractivity contribution in [2.24, 2.45) is 17.2 Å². The summed E-state index contributed by atoms with van der Waals surface area (Å²) >= 11 is 11.9. The summed E-state index contributed by atoms with van der Waals surface area (Å²) in [6.07, 6.45) is 1.30. The quantitative estimate of drug-likeness (QED) is 0.218. The highest BCUT2D eigenvalue weighted by Crippen LogP contribution is 2.24. The van der Waals surface area contributed by atoms with E-state index in [0.717, 1.165) is 5.56 Å². The van der Waals surface area contributed by atoms with Gasteiger partial charge in [-0.1, -0.05) is 53.5 Å². The molecule has 36 heavy (non-hydrogen) atoms. The van der Waals surface area contributed by atoms with Crippen LogP contribution in [0.4, 0.5) is 4.39 Å². The summed E-state index contributed by atoms with van der Waals surface area (Å²) in [6.45, 7) is 2.80. The average Bonchev–Trinajstić information content (AvgIpc) is 2.86. The standard InChI is InChI=1S/C25H35Cl2FN6O2/c26-19-15-20(27)21(28)14-18(19)16-32-25(36)23(7-6-17-4-2-1-3-5-17)33-24(35)22(31)8-11-34(12-9-29)13-10-30/h1-5,14-15,22-23H,6-13,16,29-31H2,(H,32,36)(H,33,35). The molecule has 2 amide bonds. The van der Waals surface area contributed by atoms with Crippen LogP contribution < -0.4 is 27.8 Å². The van der Waals surface area contributed by atoms with E-state index in [1.54, 1.807) is 0 Å². The van der Waals surface area contributed by atoms with Gasteiger partial charge in [0.05, 0.1) is 11.1 Å². The molecule has 2 aromatic carbocycles. The first-order valence-electron chi connectivity index (χ1n) is 11.9. The minimum atomic E-state index is -0.844. The molecule has 8 N–H and O–H groups in total. The molecule has 0 heterocycles. The number of aryl methyl sites for hydroxylation is 1. The molecule has 0 aliphatic carbocycles. The molecule has 0 spiro atoms. The van der Waals surface area contributed by atoms with Crippen LogP contribution in [0.1, 0.15) is 24.0 Å². The third-order valence-corrected chi connectivity index (χ3v) is 6.37. The summed E-state index contributed by atoms with van der Waals surface area (Å²) in [6, 6.07) is 10.4.